The number of carbonyl (C=O) groups is 1. The van der Waals surface area contributed by atoms with Crippen molar-refractivity contribution >= 4 is 11.7 Å². The van der Waals surface area contributed by atoms with Gasteiger partial charge in [0.2, 0.25) is 0 Å². The van der Waals surface area contributed by atoms with E-state index in [-0.39, 0.29) is 23.8 Å². The van der Waals surface area contributed by atoms with E-state index < -0.39 is 17.7 Å². The number of carbonyl (C=O) groups excluding carboxylic acids is 1. The van der Waals surface area contributed by atoms with E-state index in [2.05, 4.69) is 0 Å². The molecule has 0 spiro atoms. The number of nitrogen functional groups attached to an aromatic ring is 1. The monoisotopic (exact) mass is 261 g/mol. The molecule has 0 amide bonds. The van der Waals surface area contributed by atoms with Crippen molar-refractivity contribution in [2.24, 2.45) is 5.92 Å². The summed E-state index contributed by atoms with van der Waals surface area (Å²) in [6.07, 6.45) is -4.54. The van der Waals surface area contributed by atoms with Crippen molar-refractivity contribution in [2.45, 2.75) is 20.0 Å². The van der Waals surface area contributed by atoms with Crippen molar-refractivity contribution < 1.29 is 22.7 Å². The molecule has 0 aliphatic heterocycles. The van der Waals surface area contributed by atoms with Crippen LogP contribution in [-0.2, 0) is 10.9 Å². The second-order valence-corrected chi connectivity index (χ2v) is 4.33. The molecule has 0 atom stereocenters. The van der Waals surface area contributed by atoms with Gasteiger partial charge in [0.1, 0.15) is 0 Å². The maximum absolute atomic E-state index is 12.5. The Kier molecular flexibility index (Phi) is 4.21. The van der Waals surface area contributed by atoms with Gasteiger partial charge in [-0.15, -0.1) is 0 Å². The minimum atomic E-state index is -4.54. The van der Waals surface area contributed by atoms with E-state index in [1.807, 2.05) is 13.8 Å². The fourth-order valence-corrected chi connectivity index (χ4v) is 1.26. The van der Waals surface area contributed by atoms with Crippen LogP contribution in [0.15, 0.2) is 18.2 Å². The van der Waals surface area contributed by atoms with Gasteiger partial charge in [-0.05, 0) is 24.1 Å². The zero-order valence-corrected chi connectivity index (χ0v) is 10.0. The number of benzene rings is 1. The van der Waals surface area contributed by atoms with Crippen LogP contribution in [0.1, 0.15) is 29.8 Å². The predicted octanol–water partition coefficient (Wildman–Crippen LogP) is 3.10. The minimum Gasteiger partial charge on any atom is -0.462 e. The topological polar surface area (TPSA) is 52.3 Å². The van der Waals surface area contributed by atoms with Crippen molar-refractivity contribution in [1.82, 2.24) is 0 Å². The summed E-state index contributed by atoms with van der Waals surface area (Å²) in [5, 5.41) is 0. The number of anilines is 1. The van der Waals surface area contributed by atoms with Gasteiger partial charge in [-0.1, -0.05) is 13.8 Å². The Morgan fingerprint density at radius 1 is 1.33 bits per heavy atom. The van der Waals surface area contributed by atoms with Crippen LogP contribution in [0.5, 0.6) is 0 Å². The first-order valence-corrected chi connectivity index (χ1v) is 5.35. The number of hydrogen-bond acceptors (Lipinski definition) is 3. The summed E-state index contributed by atoms with van der Waals surface area (Å²) in [6.45, 7) is 3.80. The number of halogens is 3. The standard InChI is InChI=1S/C12H14F3NO2/c1-7(2)6-18-11(17)8-3-9(12(13,14)15)5-10(16)4-8/h3-5,7H,6,16H2,1-2H3. The molecular weight excluding hydrogens is 247 g/mol. The highest BCUT2D eigenvalue weighted by atomic mass is 19.4. The number of alkyl halides is 3. The van der Waals surface area contributed by atoms with E-state index >= 15 is 0 Å². The lowest BCUT2D eigenvalue weighted by Gasteiger charge is -2.11. The van der Waals surface area contributed by atoms with Gasteiger partial charge in [0.05, 0.1) is 17.7 Å². The largest absolute Gasteiger partial charge is 0.462 e. The van der Waals surface area contributed by atoms with E-state index in [4.69, 9.17) is 10.5 Å². The highest BCUT2D eigenvalue weighted by Gasteiger charge is 2.31. The van der Waals surface area contributed by atoms with Crippen LogP contribution in [-0.4, -0.2) is 12.6 Å². The first kappa shape index (κ1) is 14.3. The number of nitrogens with two attached hydrogens (primary N) is 1. The lowest BCUT2D eigenvalue weighted by Crippen LogP contribution is -2.13. The van der Waals surface area contributed by atoms with Crippen molar-refractivity contribution in [3.05, 3.63) is 29.3 Å². The van der Waals surface area contributed by atoms with Gasteiger partial charge in [0.15, 0.2) is 0 Å². The summed E-state index contributed by atoms with van der Waals surface area (Å²) in [5.74, 6) is -0.696. The molecule has 6 heteroatoms. The van der Waals surface area contributed by atoms with E-state index in [0.717, 1.165) is 18.2 Å². The average Bonchev–Trinajstić information content (AvgIpc) is 2.23. The molecule has 0 aliphatic rings. The molecule has 3 nitrogen and oxygen atoms in total. The number of esters is 1. The Morgan fingerprint density at radius 2 is 1.94 bits per heavy atom. The second-order valence-electron chi connectivity index (χ2n) is 4.33. The molecule has 100 valence electrons. The summed E-state index contributed by atoms with van der Waals surface area (Å²) >= 11 is 0. The van der Waals surface area contributed by atoms with E-state index in [1.54, 1.807) is 0 Å². The first-order valence-electron chi connectivity index (χ1n) is 5.35. The molecule has 0 aromatic heterocycles. The van der Waals surface area contributed by atoms with Crippen LogP contribution in [0, 0.1) is 5.92 Å². The molecule has 0 unspecified atom stereocenters. The molecule has 1 aromatic rings. The van der Waals surface area contributed by atoms with Gasteiger partial charge in [-0.25, -0.2) is 4.79 Å². The molecule has 18 heavy (non-hydrogen) atoms. The Morgan fingerprint density at radius 3 is 2.44 bits per heavy atom. The average molecular weight is 261 g/mol. The van der Waals surface area contributed by atoms with Gasteiger partial charge >= 0.3 is 12.1 Å². The quantitative estimate of drug-likeness (QED) is 0.672. The van der Waals surface area contributed by atoms with Gasteiger partial charge in [0, 0.05) is 5.69 Å². The summed E-state index contributed by atoms with van der Waals surface area (Å²) in [4.78, 5) is 11.5. The Balaban J connectivity index is 2.96. The molecule has 2 N–H and O–H groups in total. The van der Waals surface area contributed by atoms with Crippen molar-refractivity contribution in [3.8, 4) is 0 Å². The van der Waals surface area contributed by atoms with E-state index in [0.29, 0.717) is 0 Å². The number of ether oxygens (including phenoxy) is 1. The SMILES string of the molecule is CC(C)COC(=O)c1cc(N)cc(C(F)(F)F)c1. The zero-order chi connectivity index (χ0) is 13.9. The molecule has 0 saturated carbocycles. The lowest BCUT2D eigenvalue weighted by molar-refractivity contribution is -0.137. The molecule has 0 heterocycles. The van der Waals surface area contributed by atoms with E-state index in [1.165, 1.54) is 0 Å². The van der Waals surface area contributed by atoms with Crippen LogP contribution in [0.4, 0.5) is 18.9 Å². The third-order valence-electron chi connectivity index (χ3n) is 2.07. The molecule has 1 aromatic carbocycles. The van der Waals surface area contributed by atoms with Crippen LogP contribution in [0.2, 0.25) is 0 Å². The molecule has 0 aliphatic carbocycles. The molecule has 1 rings (SSSR count). The van der Waals surface area contributed by atoms with Crippen LogP contribution >= 0.6 is 0 Å². The van der Waals surface area contributed by atoms with Crippen LogP contribution in [0.25, 0.3) is 0 Å². The lowest BCUT2D eigenvalue weighted by atomic mass is 10.1. The molecule has 0 radical (unpaired) electrons. The highest BCUT2D eigenvalue weighted by molar-refractivity contribution is 5.90. The first-order chi connectivity index (χ1) is 8.20. The molecule has 0 fully saturated rings. The van der Waals surface area contributed by atoms with Crippen molar-refractivity contribution in [1.29, 1.82) is 0 Å². The third kappa shape index (κ3) is 3.94. The van der Waals surface area contributed by atoms with Crippen LogP contribution < -0.4 is 5.73 Å². The summed E-state index contributed by atoms with van der Waals surface area (Å²) < 4.78 is 42.4. The highest BCUT2D eigenvalue weighted by Crippen LogP contribution is 2.31. The van der Waals surface area contributed by atoms with E-state index in [9.17, 15) is 18.0 Å². The molecular formula is C12H14F3NO2. The maximum Gasteiger partial charge on any atom is 0.416 e. The fourth-order valence-electron chi connectivity index (χ4n) is 1.26. The summed E-state index contributed by atoms with van der Waals surface area (Å²) in [7, 11) is 0. The number of rotatable bonds is 3. The number of hydrogen-bond donors (Lipinski definition) is 1. The minimum absolute atomic E-state index is 0.108. The normalized spacial score (nSPS) is 11.7. The summed E-state index contributed by atoms with van der Waals surface area (Å²) in [6, 6.07) is 2.68. The Labute approximate surface area is 103 Å². The molecule has 0 saturated heterocycles. The zero-order valence-electron chi connectivity index (χ0n) is 10.0. The summed E-state index contributed by atoms with van der Waals surface area (Å²) in [5.41, 5.74) is 4.07. The Bertz CT molecular complexity index is 441. The smallest absolute Gasteiger partial charge is 0.416 e. The van der Waals surface area contributed by atoms with Crippen molar-refractivity contribution in [2.75, 3.05) is 12.3 Å². The fraction of sp³-hybridized carbons (Fsp3) is 0.417. The van der Waals surface area contributed by atoms with Crippen molar-refractivity contribution in [3.63, 3.8) is 0 Å². The Hall–Kier alpha value is -1.72. The van der Waals surface area contributed by atoms with Gasteiger partial charge < -0.3 is 10.5 Å². The van der Waals surface area contributed by atoms with Gasteiger partial charge in [-0.3, -0.25) is 0 Å². The second kappa shape index (κ2) is 5.29. The van der Waals surface area contributed by atoms with Gasteiger partial charge in [0.25, 0.3) is 0 Å². The van der Waals surface area contributed by atoms with Gasteiger partial charge in [-0.2, -0.15) is 13.2 Å². The third-order valence-corrected chi connectivity index (χ3v) is 2.07. The van der Waals surface area contributed by atoms with Crippen LogP contribution in [0.3, 0.4) is 0 Å². The maximum atomic E-state index is 12.5. The molecule has 0 bridgehead atoms. The predicted molar refractivity (Wildman–Crippen MR) is 61.0 cm³/mol.